The topological polar surface area (TPSA) is 3.24 Å². The van der Waals surface area contributed by atoms with E-state index in [1.54, 1.807) is 24.3 Å². The highest BCUT2D eigenvalue weighted by Gasteiger charge is 2.38. The summed E-state index contributed by atoms with van der Waals surface area (Å²) in [5.41, 5.74) is 0.832. The van der Waals surface area contributed by atoms with Gasteiger partial charge in [0.2, 0.25) is 0 Å². The summed E-state index contributed by atoms with van der Waals surface area (Å²) in [4.78, 5) is 0.433. The predicted octanol–water partition coefficient (Wildman–Crippen LogP) is 3.04. The van der Waals surface area contributed by atoms with Crippen molar-refractivity contribution >= 4 is 11.8 Å². The van der Waals surface area contributed by atoms with E-state index in [-0.39, 0.29) is 12.2 Å². The number of nitrogens with zero attached hydrogens (tertiary/aromatic N) is 1. The lowest BCUT2D eigenvalue weighted by atomic mass is 10.1. The van der Waals surface area contributed by atoms with E-state index in [1.807, 2.05) is 0 Å². The monoisotopic (exact) mass is 199 g/mol. The van der Waals surface area contributed by atoms with Gasteiger partial charge in [0.25, 0.3) is 0 Å². The first-order valence-corrected chi connectivity index (χ1v) is 4.19. The molecule has 0 unspecified atom stereocenters. The molecule has 1 aliphatic heterocycles. The summed E-state index contributed by atoms with van der Waals surface area (Å²) in [6.07, 6.45) is -1.09. The molecule has 0 bridgehead atoms. The van der Waals surface area contributed by atoms with Crippen molar-refractivity contribution in [2.24, 2.45) is 0 Å². The maximum atomic E-state index is 12.5. The van der Waals surface area contributed by atoms with Gasteiger partial charge in [-0.1, -0.05) is 30.4 Å². The molecule has 0 spiro atoms. The molecule has 2 rings (SSSR count). The zero-order valence-electron chi connectivity index (χ0n) is 7.25. The van der Waals surface area contributed by atoms with Crippen LogP contribution in [-0.4, -0.2) is 12.8 Å². The maximum Gasteiger partial charge on any atom is 0.485 e. The van der Waals surface area contributed by atoms with Gasteiger partial charge in [-0.25, -0.2) is 0 Å². The van der Waals surface area contributed by atoms with Crippen molar-refractivity contribution in [3.8, 4) is 0 Å². The second-order valence-corrected chi connectivity index (χ2v) is 3.04. The molecule has 0 saturated heterocycles. The van der Waals surface area contributed by atoms with Gasteiger partial charge in [0.1, 0.15) is 0 Å². The van der Waals surface area contributed by atoms with Crippen LogP contribution in [-0.2, 0) is 0 Å². The Hall–Kier alpha value is -1.45. The van der Waals surface area contributed by atoms with E-state index in [4.69, 9.17) is 0 Å². The molecule has 4 heteroatoms. The predicted molar refractivity (Wildman–Crippen MR) is 48.9 cm³/mol. The fourth-order valence-electron chi connectivity index (χ4n) is 1.50. The van der Waals surface area contributed by atoms with Crippen molar-refractivity contribution in [1.82, 2.24) is 0 Å². The largest absolute Gasteiger partial charge is 0.485 e. The molecule has 74 valence electrons. The van der Waals surface area contributed by atoms with Crippen LogP contribution in [0.4, 0.5) is 18.9 Å². The number of hydrogen-bond donors (Lipinski definition) is 0. The van der Waals surface area contributed by atoms with Gasteiger partial charge in [-0.3, -0.25) is 4.90 Å². The highest BCUT2D eigenvalue weighted by Crippen LogP contribution is 2.33. The number of hydrogen-bond acceptors (Lipinski definition) is 1. The van der Waals surface area contributed by atoms with Crippen molar-refractivity contribution in [2.75, 3.05) is 11.4 Å². The summed E-state index contributed by atoms with van der Waals surface area (Å²) in [7, 11) is 0. The number of fused-ring (bicyclic) bond motifs is 1. The molecule has 0 aromatic heterocycles. The Kier molecular flexibility index (Phi) is 1.98. The molecule has 0 saturated carbocycles. The molecule has 0 aliphatic carbocycles. The van der Waals surface area contributed by atoms with Crippen LogP contribution in [0.3, 0.4) is 0 Å². The van der Waals surface area contributed by atoms with Crippen molar-refractivity contribution in [3.63, 3.8) is 0 Å². The quantitative estimate of drug-likeness (QED) is 0.580. The zero-order valence-corrected chi connectivity index (χ0v) is 7.25. The minimum atomic E-state index is -4.30. The molecule has 1 heterocycles. The van der Waals surface area contributed by atoms with Gasteiger partial charge >= 0.3 is 6.30 Å². The van der Waals surface area contributed by atoms with Crippen LogP contribution in [0.15, 0.2) is 30.3 Å². The van der Waals surface area contributed by atoms with Gasteiger partial charge in [0.15, 0.2) is 0 Å². The summed E-state index contributed by atoms with van der Waals surface area (Å²) in [5.74, 6) is 0. The lowest BCUT2D eigenvalue weighted by molar-refractivity contribution is -0.127. The second-order valence-electron chi connectivity index (χ2n) is 3.04. The van der Waals surface area contributed by atoms with Crippen molar-refractivity contribution in [2.45, 2.75) is 6.30 Å². The van der Waals surface area contributed by atoms with Gasteiger partial charge in [0.05, 0.1) is 5.69 Å². The number of rotatable bonds is 0. The molecular weight excluding hydrogens is 191 g/mol. The Morgan fingerprint density at radius 3 is 2.57 bits per heavy atom. The van der Waals surface area contributed by atoms with Crippen molar-refractivity contribution < 1.29 is 13.2 Å². The molecular formula is C10H8F3N. The molecule has 0 atom stereocenters. The van der Waals surface area contributed by atoms with E-state index in [1.165, 1.54) is 12.1 Å². The Bertz CT molecular complexity index is 368. The van der Waals surface area contributed by atoms with Crippen molar-refractivity contribution in [1.29, 1.82) is 0 Å². The van der Waals surface area contributed by atoms with E-state index >= 15 is 0 Å². The standard InChI is InChI=1S/C10H8F3N/c11-10(12,13)14-7-3-5-8-4-1-2-6-9(8)14/h1-6H,7H2. The van der Waals surface area contributed by atoms with Crippen LogP contribution in [0.25, 0.3) is 6.08 Å². The average Bonchev–Trinajstić information content (AvgIpc) is 2.15. The molecule has 0 radical (unpaired) electrons. The first-order chi connectivity index (χ1) is 6.59. The third-order valence-electron chi connectivity index (χ3n) is 2.12. The number of halogens is 3. The normalized spacial score (nSPS) is 15.5. The van der Waals surface area contributed by atoms with E-state index in [0.717, 1.165) is 0 Å². The van der Waals surface area contributed by atoms with E-state index < -0.39 is 6.30 Å². The summed E-state index contributed by atoms with van der Waals surface area (Å²) >= 11 is 0. The number of para-hydroxylation sites is 1. The first-order valence-electron chi connectivity index (χ1n) is 4.19. The number of benzene rings is 1. The SMILES string of the molecule is FC(F)(F)N1CC=Cc2ccccc21. The van der Waals surface area contributed by atoms with Gasteiger partial charge in [0, 0.05) is 6.54 Å². The molecule has 1 aromatic carbocycles. The van der Waals surface area contributed by atoms with Gasteiger partial charge in [-0.05, 0) is 11.6 Å². The molecule has 0 N–H and O–H groups in total. The highest BCUT2D eigenvalue weighted by atomic mass is 19.4. The van der Waals surface area contributed by atoms with Gasteiger partial charge in [-0.2, -0.15) is 13.2 Å². The van der Waals surface area contributed by atoms with Crippen LogP contribution < -0.4 is 4.90 Å². The minimum Gasteiger partial charge on any atom is -0.280 e. The molecule has 1 nitrogen and oxygen atoms in total. The highest BCUT2D eigenvalue weighted by molar-refractivity contribution is 5.71. The van der Waals surface area contributed by atoms with E-state index in [2.05, 4.69) is 0 Å². The summed E-state index contributed by atoms with van der Waals surface area (Å²) in [6, 6.07) is 6.48. The third-order valence-corrected chi connectivity index (χ3v) is 2.12. The first kappa shape index (κ1) is 9.12. The van der Waals surface area contributed by atoms with Crippen LogP contribution >= 0.6 is 0 Å². The summed E-state index contributed by atoms with van der Waals surface area (Å²) in [6.45, 7) is -0.111. The minimum absolute atomic E-state index is 0.111. The van der Waals surface area contributed by atoms with Crippen LogP contribution in [0.5, 0.6) is 0 Å². The van der Waals surface area contributed by atoms with Gasteiger partial charge in [-0.15, -0.1) is 0 Å². The number of anilines is 1. The molecule has 0 fully saturated rings. The van der Waals surface area contributed by atoms with Crippen LogP contribution in [0.1, 0.15) is 5.56 Å². The fourth-order valence-corrected chi connectivity index (χ4v) is 1.50. The maximum absolute atomic E-state index is 12.5. The molecule has 0 amide bonds. The second kappa shape index (κ2) is 3.04. The fraction of sp³-hybridized carbons (Fsp3) is 0.200. The summed E-state index contributed by atoms with van der Waals surface area (Å²) < 4.78 is 37.5. The van der Waals surface area contributed by atoms with Crippen molar-refractivity contribution in [3.05, 3.63) is 35.9 Å². The summed E-state index contributed by atoms with van der Waals surface area (Å²) in [5, 5.41) is 0. The van der Waals surface area contributed by atoms with E-state index in [0.29, 0.717) is 10.5 Å². The molecule has 1 aliphatic rings. The zero-order chi connectivity index (χ0) is 10.2. The van der Waals surface area contributed by atoms with Gasteiger partial charge < -0.3 is 0 Å². The van der Waals surface area contributed by atoms with Crippen LogP contribution in [0, 0.1) is 0 Å². The Morgan fingerprint density at radius 2 is 1.86 bits per heavy atom. The molecule has 1 aromatic rings. The van der Waals surface area contributed by atoms with E-state index in [9.17, 15) is 13.2 Å². The van der Waals surface area contributed by atoms with Crippen LogP contribution in [0.2, 0.25) is 0 Å². The Labute approximate surface area is 79.5 Å². The molecule has 14 heavy (non-hydrogen) atoms. The average molecular weight is 199 g/mol. The Morgan fingerprint density at radius 1 is 1.14 bits per heavy atom. The smallest absolute Gasteiger partial charge is 0.280 e. The number of alkyl halides is 3. The lowest BCUT2D eigenvalue weighted by Gasteiger charge is -2.29. The Balaban J connectivity index is 2.46. The third kappa shape index (κ3) is 1.47. The lowest BCUT2D eigenvalue weighted by Crippen LogP contribution is -2.39.